The van der Waals surface area contributed by atoms with Crippen molar-refractivity contribution in [3.05, 3.63) is 59.9 Å². The molecular formula is C25H34FN3O5S. The molecular weight excluding hydrogens is 473 g/mol. The fourth-order valence-corrected chi connectivity index (χ4v) is 4.77. The van der Waals surface area contributed by atoms with E-state index in [1.807, 2.05) is 13.8 Å². The van der Waals surface area contributed by atoms with Crippen LogP contribution in [0, 0.1) is 11.7 Å². The Morgan fingerprint density at radius 3 is 2.17 bits per heavy atom. The Kier molecular flexibility index (Phi) is 9.93. The molecule has 2 amide bonds. The molecule has 2 aromatic carbocycles. The van der Waals surface area contributed by atoms with Gasteiger partial charge in [0, 0.05) is 30.5 Å². The van der Waals surface area contributed by atoms with Crippen LogP contribution >= 0.6 is 0 Å². The van der Waals surface area contributed by atoms with Crippen LogP contribution in [0.3, 0.4) is 0 Å². The van der Waals surface area contributed by atoms with Crippen molar-refractivity contribution in [3.8, 4) is 0 Å². The van der Waals surface area contributed by atoms with Crippen LogP contribution < -0.4 is 15.4 Å². The van der Waals surface area contributed by atoms with Crippen LogP contribution in [0.2, 0.25) is 0 Å². The molecule has 0 saturated heterocycles. The van der Waals surface area contributed by atoms with E-state index in [2.05, 4.69) is 15.4 Å². The van der Waals surface area contributed by atoms with Gasteiger partial charge in [-0.25, -0.2) is 17.5 Å². The molecule has 0 radical (unpaired) electrons. The van der Waals surface area contributed by atoms with Gasteiger partial charge in [-0.15, -0.1) is 0 Å². The van der Waals surface area contributed by atoms with Crippen LogP contribution in [0.25, 0.3) is 0 Å². The van der Waals surface area contributed by atoms with Gasteiger partial charge >= 0.3 is 0 Å². The fourth-order valence-electron chi connectivity index (χ4n) is 3.32. The van der Waals surface area contributed by atoms with Crippen LogP contribution in [-0.2, 0) is 19.6 Å². The van der Waals surface area contributed by atoms with E-state index in [9.17, 15) is 22.4 Å². The number of halogens is 1. The number of rotatable bonds is 12. The zero-order chi connectivity index (χ0) is 26.2. The monoisotopic (exact) mass is 507 g/mol. The summed E-state index contributed by atoms with van der Waals surface area (Å²) in [5, 5.41) is 5.42. The highest BCUT2D eigenvalue weighted by molar-refractivity contribution is 7.89. The molecule has 2 aromatic rings. The first-order chi connectivity index (χ1) is 16.3. The van der Waals surface area contributed by atoms with E-state index in [1.54, 1.807) is 21.0 Å². The minimum atomic E-state index is -3.78. The van der Waals surface area contributed by atoms with E-state index in [-0.39, 0.29) is 16.4 Å². The first kappa shape index (κ1) is 28.4. The number of benzene rings is 2. The topological polar surface area (TPSA) is 114 Å². The molecule has 0 saturated carbocycles. The SMILES string of the molecule is COCCC(C)(C)NS(=O)(=O)c1ccc(NC(=O)[C@H](CC(C)C)NC(=O)c2ccc(F)cc2)cc1. The van der Waals surface area contributed by atoms with Crippen LogP contribution in [0.1, 0.15) is 50.9 Å². The normalized spacial score (nSPS) is 12.9. The van der Waals surface area contributed by atoms with E-state index < -0.39 is 39.2 Å². The molecule has 35 heavy (non-hydrogen) atoms. The molecule has 0 aliphatic carbocycles. The summed E-state index contributed by atoms with van der Waals surface area (Å²) >= 11 is 0. The number of hydrogen-bond donors (Lipinski definition) is 3. The third-order valence-corrected chi connectivity index (χ3v) is 6.92. The minimum Gasteiger partial charge on any atom is -0.385 e. The van der Waals surface area contributed by atoms with Gasteiger partial charge in [0.15, 0.2) is 0 Å². The highest BCUT2D eigenvalue weighted by Gasteiger charge is 2.26. The second-order valence-electron chi connectivity index (χ2n) is 9.41. The second-order valence-corrected chi connectivity index (χ2v) is 11.1. The number of carbonyl (C=O) groups is 2. The summed E-state index contributed by atoms with van der Waals surface area (Å²) in [6.07, 6.45) is 0.878. The second kappa shape index (κ2) is 12.2. The molecule has 2 rings (SSSR count). The lowest BCUT2D eigenvalue weighted by atomic mass is 10.0. The van der Waals surface area contributed by atoms with Gasteiger partial charge < -0.3 is 15.4 Å². The van der Waals surface area contributed by atoms with Crippen molar-refractivity contribution in [1.29, 1.82) is 0 Å². The zero-order valence-corrected chi connectivity index (χ0v) is 21.5. The molecule has 192 valence electrons. The van der Waals surface area contributed by atoms with Gasteiger partial charge in [0.25, 0.3) is 5.91 Å². The average Bonchev–Trinajstić information content (AvgIpc) is 2.77. The van der Waals surface area contributed by atoms with E-state index in [0.29, 0.717) is 25.1 Å². The third kappa shape index (κ3) is 9.04. The number of hydrogen-bond acceptors (Lipinski definition) is 5. The molecule has 10 heteroatoms. The average molecular weight is 508 g/mol. The van der Waals surface area contributed by atoms with Crippen molar-refractivity contribution < 1.29 is 27.1 Å². The summed E-state index contributed by atoms with van der Waals surface area (Å²) in [5.74, 6) is -1.28. The predicted octanol–water partition coefficient (Wildman–Crippen LogP) is 3.70. The van der Waals surface area contributed by atoms with Gasteiger partial charge in [-0.05, 0) is 81.1 Å². The molecule has 0 aromatic heterocycles. The largest absolute Gasteiger partial charge is 0.385 e. The number of nitrogens with one attached hydrogen (secondary N) is 3. The molecule has 0 bridgehead atoms. The van der Waals surface area contributed by atoms with E-state index in [0.717, 1.165) is 0 Å². The Morgan fingerprint density at radius 1 is 1.03 bits per heavy atom. The Labute approximate surface area is 206 Å². The molecule has 0 spiro atoms. The lowest BCUT2D eigenvalue weighted by molar-refractivity contribution is -0.118. The third-order valence-electron chi connectivity index (χ3n) is 5.21. The van der Waals surface area contributed by atoms with Gasteiger partial charge in [0.2, 0.25) is 15.9 Å². The number of sulfonamides is 1. The van der Waals surface area contributed by atoms with Crippen LogP contribution in [0.5, 0.6) is 0 Å². The summed E-state index contributed by atoms with van der Waals surface area (Å²) in [6, 6.07) is 9.99. The first-order valence-electron chi connectivity index (χ1n) is 11.3. The van der Waals surface area contributed by atoms with Gasteiger partial charge in [-0.2, -0.15) is 0 Å². The first-order valence-corrected chi connectivity index (χ1v) is 12.8. The number of carbonyl (C=O) groups excluding carboxylic acids is 2. The van der Waals surface area contributed by atoms with Crippen LogP contribution in [0.15, 0.2) is 53.4 Å². The maximum atomic E-state index is 13.1. The molecule has 0 heterocycles. The molecule has 0 aliphatic rings. The summed E-state index contributed by atoms with van der Waals surface area (Å²) < 4.78 is 46.3. The van der Waals surface area contributed by atoms with Crippen molar-refractivity contribution in [1.82, 2.24) is 10.0 Å². The predicted molar refractivity (Wildman–Crippen MR) is 133 cm³/mol. The number of ether oxygens (including phenoxy) is 1. The highest BCUT2D eigenvalue weighted by atomic mass is 32.2. The number of amides is 2. The maximum Gasteiger partial charge on any atom is 0.251 e. The van der Waals surface area contributed by atoms with Crippen molar-refractivity contribution in [3.63, 3.8) is 0 Å². The molecule has 0 unspecified atom stereocenters. The molecule has 3 N–H and O–H groups in total. The smallest absolute Gasteiger partial charge is 0.251 e. The summed E-state index contributed by atoms with van der Waals surface area (Å²) in [4.78, 5) is 25.5. The van der Waals surface area contributed by atoms with Crippen molar-refractivity contribution in [2.45, 2.75) is 57.0 Å². The lowest BCUT2D eigenvalue weighted by Crippen LogP contribution is -2.44. The molecule has 8 nitrogen and oxygen atoms in total. The number of anilines is 1. The van der Waals surface area contributed by atoms with Gasteiger partial charge in [-0.1, -0.05) is 13.8 Å². The van der Waals surface area contributed by atoms with E-state index >= 15 is 0 Å². The van der Waals surface area contributed by atoms with Gasteiger partial charge in [0.1, 0.15) is 11.9 Å². The summed E-state index contributed by atoms with van der Waals surface area (Å²) in [7, 11) is -2.22. The highest BCUT2D eigenvalue weighted by Crippen LogP contribution is 2.19. The lowest BCUT2D eigenvalue weighted by Gasteiger charge is -2.25. The van der Waals surface area contributed by atoms with Crippen molar-refractivity contribution in [2.75, 3.05) is 19.0 Å². The fraction of sp³-hybridized carbons (Fsp3) is 0.440. The van der Waals surface area contributed by atoms with Gasteiger partial charge in [-0.3, -0.25) is 9.59 Å². The Balaban J connectivity index is 2.10. The minimum absolute atomic E-state index is 0.0596. The van der Waals surface area contributed by atoms with Crippen molar-refractivity contribution in [2.24, 2.45) is 5.92 Å². The zero-order valence-electron chi connectivity index (χ0n) is 20.7. The standard InChI is InChI=1S/C25H34FN3O5S/c1-17(2)16-22(28-23(30)18-6-8-19(26)9-7-18)24(31)27-20-10-12-21(13-11-20)35(32,33)29-25(3,4)14-15-34-5/h6-13,17,22,29H,14-16H2,1-5H3,(H,27,31)(H,28,30)/t22-/m0/s1. The van der Waals surface area contributed by atoms with Crippen LogP contribution in [0.4, 0.5) is 10.1 Å². The summed E-state index contributed by atoms with van der Waals surface area (Å²) in [5.41, 5.74) is -0.0741. The Bertz CT molecular complexity index is 1100. The van der Waals surface area contributed by atoms with Crippen molar-refractivity contribution >= 4 is 27.5 Å². The quantitative estimate of drug-likeness (QED) is 0.405. The maximum absolute atomic E-state index is 13.1. The van der Waals surface area contributed by atoms with E-state index in [4.69, 9.17) is 4.74 Å². The number of methoxy groups -OCH3 is 1. The molecule has 0 aliphatic heterocycles. The molecule has 0 fully saturated rings. The Hall–Kier alpha value is -2.82. The van der Waals surface area contributed by atoms with Gasteiger partial charge in [0.05, 0.1) is 4.90 Å². The van der Waals surface area contributed by atoms with Crippen LogP contribution in [-0.4, -0.2) is 45.5 Å². The Morgan fingerprint density at radius 2 is 1.63 bits per heavy atom. The van der Waals surface area contributed by atoms with E-state index in [1.165, 1.54) is 48.5 Å². The summed E-state index contributed by atoms with van der Waals surface area (Å²) in [6.45, 7) is 7.80. The molecule has 1 atom stereocenters.